The summed E-state index contributed by atoms with van der Waals surface area (Å²) >= 11 is 0. The van der Waals surface area contributed by atoms with Crippen LogP contribution < -0.4 is 11.1 Å². The number of unbranched alkanes of at least 4 members (excludes halogenated alkanes) is 14. The van der Waals surface area contributed by atoms with E-state index in [1.54, 1.807) is 0 Å². The van der Waals surface area contributed by atoms with Gasteiger partial charge >= 0.3 is 11.9 Å². The normalized spacial score (nSPS) is 13.3. The minimum Gasteiger partial charge on any atom is -0.480 e. The van der Waals surface area contributed by atoms with E-state index in [9.17, 15) is 19.5 Å². The Balaban J connectivity index is 4.07. The van der Waals surface area contributed by atoms with E-state index in [-0.39, 0.29) is 18.0 Å². The molecule has 0 aliphatic carbocycles. The van der Waals surface area contributed by atoms with Crippen molar-refractivity contribution in [3.05, 3.63) is 60.8 Å². The molecule has 7 nitrogen and oxygen atoms in total. The molecule has 0 bridgehead atoms. The van der Waals surface area contributed by atoms with E-state index >= 15 is 0 Å². The molecule has 51 heavy (non-hydrogen) atoms. The Morgan fingerprint density at radius 1 is 0.608 bits per heavy atom. The summed E-state index contributed by atoms with van der Waals surface area (Å²) in [7, 11) is 0. The molecule has 2 atom stereocenters. The molecule has 2 unspecified atom stereocenters. The molecule has 0 aromatic carbocycles. The molecular formula is C44H76N2O5. The third-order valence-corrected chi connectivity index (χ3v) is 8.80. The van der Waals surface area contributed by atoms with Crippen molar-refractivity contribution < 1.29 is 24.2 Å². The number of nitrogens with two attached hydrogens (primary N) is 1. The molecule has 1 amide bonds. The van der Waals surface area contributed by atoms with Gasteiger partial charge in [0.15, 0.2) is 0 Å². The van der Waals surface area contributed by atoms with Gasteiger partial charge in [-0.25, -0.2) is 4.79 Å². The van der Waals surface area contributed by atoms with Gasteiger partial charge in [-0.3, -0.25) is 9.59 Å². The average Bonchev–Trinajstić information content (AvgIpc) is 3.11. The number of nitrogens with one attached hydrogen (secondary N) is 1. The van der Waals surface area contributed by atoms with Gasteiger partial charge in [0.05, 0.1) is 0 Å². The average molecular weight is 713 g/mol. The molecule has 0 radical (unpaired) electrons. The van der Waals surface area contributed by atoms with Crippen LogP contribution in [-0.4, -0.2) is 41.6 Å². The Labute approximate surface area is 312 Å². The predicted octanol–water partition coefficient (Wildman–Crippen LogP) is 11.4. The monoisotopic (exact) mass is 713 g/mol. The first-order valence-electron chi connectivity index (χ1n) is 20.6. The number of carbonyl (C=O) groups is 3. The largest absolute Gasteiger partial charge is 0.480 e. The molecule has 0 saturated carbocycles. The Morgan fingerprint density at radius 2 is 1.14 bits per heavy atom. The number of esters is 1. The SMILES string of the molecule is CC/C=C\C/C=C\C/C=C\C/C=C\CCCCCCCCCCC(=O)OC(/C=C\CCCCC)CCCCCCC(=O)NC(CCCN)C(=O)O. The van der Waals surface area contributed by atoms with Crippen LogP contribution in [0.5, 0.6) is 0 Å². The van der Waals surface area contributed by atoms with Gasteiger partial charge in [-0.05, 0) is 103 Å². The van der Waals surface area contributed by atoms with Gasteiger partial charge in [0.25, 0.3) is 0 Å². The van der Waals surface area contributed by atoms with E-state index in [4.69, 9.17) is 10.5 Å². The van der Waals surface area contributed by atoms with Crippen molar-refractivity contribution >= 4 is 17.8 Å². The summed E-state index contributed by atoms with van der Waals surface area (Å²) in [5, 5.41) is 11.9. The molecule has 0 aliphatic rings. The van der Waals surface area contributed by atoms with Crippen molar-refractivity contribution in [1.29, 1.82) is 0 Å². The second kappa shape index (κ2) is 38.3. The van der Waals surface area contributed by atoms with Gasteiger partial charge in [0.1, 0.15) is 12.1 Å². The highest BCUT2D eigenvalue weighted by Gasteiger charge is 2.19. The van der Waals surface area contributed by atoms with Gasteiger partial charge in [-0.2, -0.15) is 0 Å². The Hall–Kier alpha value is -2.93. The van der Waals surface area contributed by atoms with Crippen molar-refractivity contribution in [3.8, 4) is 0 Å². The van der Waals surface area contributed by atoms with Gasteiger partial charge in [-0.1, -0.05) is 133 Å². The summed E-state index contributed by atoms with van der Waals surface area (Å²) in [4.78, 5) is 36.2. The lowest BCUT2D eigenvalue weighted by molar-refractivity contribution is -0.147. The molecule has 0 rings (SSSR count). The summed E-state index contributed by atoms with van der Waals surface area (Å²) in [6.07, 6.45) is 47.3. The number of hydrogen-bond acceptors (Lipinski definition) is 5. The molecule has 7 heteroatoms. The second-order valence-electron chi connectivity index (χ2n) is 13.7. The van der Waals surface area contributed by atoms with Crippen LogP contribution in [0.3, 0.4) is 0 Å². The number of hydrogen-bond donors (Lipinski definition) is 3. The van der Waals surface area contributed by atoms with Crippen molar-refractivity contribution in [1.82, 2.24) is 5.32 Å². The highest BCUT2D eigenvalue weighted by molar-refractivity contribution is 5.83. The number of ether oxygens (including phenoxy) is 1. The van der Waals surface area contributed by atoms with Crippen LogP contribution in [-0.2, 0) is 19.1 Å². The molecule has 292 valence electrons. The number of allylic oxidation sites excluding steroid dienone is 9. The number of carbonyl (C=O) groups excluding carboxylic acids is 2. The van der Waals surface area contributed by atoms with Gasteiger partial charge < -0.3 is 20.9 Å². The maximum atomic E-state index is 12.6. The van der Waals surface area contributed by atoms with Crippen LogP contribution in [0, 0.1) is 0 Å². The smallest absolute Gasteiger partial charge is 0.326 e. The number of carboxylic acids is 1. The van der Waals surface area contributed by atoms with Gasteiger partial charge in [0.2, 0.25) is 5.91 Å². The fourth-order valence-corrected chi connectivity index (χ4v) is 5.70. The standard InChI is InChI=1S/C44H76N2O5/c1-3-5-7-9-10-11-12-13-14-15-16-17-18-19-20-21-22-23-24-26-32-38-43(48)51-40(34-29-25-8-6-4-2)35-30-27-28-31-37-42(47)46-41(44(49)50)36-33-39-45/h5,7,10-11,13-14,16-17,29,34,40-41H,3-4,6,8-9,12,15,18-28,30-33,35-39,45H2,1-2H3,(H,46,47)(H,49,50)/b7-5-,11-10-,14-13-,17-16-,34-29-. The summed E-state index contributed by atoms with van der Waals surface area (Å²) in [6.45, 7) is 4.76. The van der Waals surface area contributed by atoms with E-state index in [0.29, 0.717) is 38.6 Å². The highest BCUT2D eigenvalue weighted by Crippen LogP contribution is 2.15. The Bertz CT molecular complexity index is 984. The minimum absolute atomic E-state index is 0.103. The lowest BCUT2D eigenvalue weighted by Crippen LogP contribution is -2.40. The van der Waals surface area contributed by atoms with Gasteiger partial charge in [0, 0.05) is 12.8 Å². The molecule has 4 N–H and O–H groups in total. The lowest BCUT2D eigenvalue weighted by atomic mass is 10.1. The van der Waals surface area contributed by atoms with E-state index in [1.165, 1.54) is 57.8 Å². The third-order valence-electron chi connectivity index (χ3n) is 8.80. The zero-order valence-corrected chi connectivity index (χ0v) is 32.7. The fraction of sp³-hybridized carbons (Fsp3) is 0.705. The first kappa shape index (κ1) is 48.1. The zero-order chi connectivity index (χ0) is 37.5. The molecule has 0 saturated heterocycles. The maximum Gasteiger partial charge on any atom is 0.326 e. The number of aliphatic carboxylic acids is 1. The lowest BCUT2D eigenvalue weighted by Gasteiger charge is -2.15. The van der Waals surface area contributed by atoms with Crippen LogP contribution in [0.1, 0.15) is 181 Å². The topological polar surface area (TPSA) is 119 Å². The molecule has 0 aliphatic heterocycles. The first-order chi connectivity index (χ1) is 24.9. The molecule has 0 spiro atoms. The van der Waals surface area contributed by atoms with Crippen molar-refractivity contribution in [2.24, 2.45) is 5.73 Å². The van der Waals surface area contributed by atoms with E-state index < -0.39 is 12.0 Å². The molecule has 0 aromatic rings. The van der Waals surface area contributed by atoms with Crippen molar-refractivity contribution in [2.75, 3.05) is 6.54 Å². The van der Waals surface area contributed by atoms with Crippen molar-refractivity contribution in [3.63, 3.8) is 0 Å². The van der Waals surface area contributed by atoms with E-state index in [2.05, 4.69) is 79.9 Å². The molecular weight excluding hydrogens is 636 g/mol. The van der Waals surface area contributed by atoms with Crippen molar-refractivity contribution in [2.45, 2.75) is 193 Å². The Morgan fingerprint density at radius 3 is 1.75 bits per heavy atom. The summed E-state index contributed by atoms with van der Waals surface area (Å²) in [5.41, 5.74) is 5.47. The van der Waals surface area contributed by atoms with Crippen LogP contribution >= 0.6 is 0 Å². The Kier molecular flexibility index (Phi) is 36.1. The summed E-state index contributed by atoms with van der Waals surface area (Å²) in [6, 6.07) is -0.872. The van der Waals surface area contributed by atoms with Crippen LogP contribution in [0.2, 0.25) is 0 Å². The maximum absolute atomic E-state index is 12.6. The summed E-state index contributed by atoms with van der Waals surface area (Å²) in [5.74, 6) is -1.35. The molecule has 0 fully saturated rings. The first-order valence-corrected chi connectivity index (χ1v) is 20.6. The number of carboxylic acid groups (broad SMARTS) is 1. The van der Waals surface area contributed by atoms with Crippen LogP contribution in [0.25, 0.3) is 0 Å². The summed E-state index contributed by atoms with van der Waals surface area (Å²) < 4.78 is 5.88. The van der Waals surface area contributed by atoms with Crippen LogP contribution in [0.15, 0.2) is 60.8 Å². The fourth-order valence-electron chi connectivity index (χ4n) is 5.70. The number of amides is 1. The highest BCUT2D eigenvalue weighted by atomic mass is 16.5. The van der Waals surface area contributed by atoms with E-state index in [1.807, 2.05) is 0 Å². The zero-order valence-electron chi connectivity index (χ0n) is 32.7. The third kappa shape index (κ3) is 35.3. The molecule has 0 heterocycles. The van der Waals surface area contributed by atoms with E-state index in [0.717, 1.165) is 77.0 Å². The quantitative estimate of drug-likeness (QED) is 0.0338. The van der Waals surface area contributed by atoms with Crippen LogP contribution in [0.4, 0.5) is 0 Å². The van der Waals surface area contributed by atoms with Gasteiger partial charge in [-0.15, -0.1) is 0 Å². The second-order valence-corrected chi connectivity index (χ2v) is 13.7. The number of rotatable bonds is 36. The minimum atomic E-state index is -1.02. The molecule has 0 aromatic heterocycles. The predicted molar refractivity (Wildman–Crippen MR) is 216 cm³/mol.